The molecule has 1 saturated heterocycles. The van der Waals surface area contributed by atoms with Crippen molar-refractivity contribution < 1.29 is 53.8 Å². The molecule has 1 aromatic rings. The Hall–Kier alpha value is -2.67. The third kappa shape index (κ3) is 4.20. The van der Waals surface area contributed by atoms with Crippen molar-refractivity contribution in [3.05, 3.63) is 47.0 Å². The molecule has 1 heterocycles. The maximum atomic E-state index is 14.9. The Morgan fingerprint density at radius 3 is 2.31 bits per heavy atom. The molecule has 230 valence electrons. The summed E-state index contributed by atoms with van der Waals surface area (Å²) in [6.07, 6.45) is -7.14. The zero-order chi connectivity index (χ0) is 30.8. The van der Waals surface area contributed by atoms with Gasteiger partial charge in [0.2, 0.25) is 0 Å². The van der Waals surface area contributed by atoms with Gasteiger partial charge in [0.15, 0.2) is 17.5 Å². The van der Waals surface area contributed by atoms with E-state index in [2.05, 4.69) is 0 Å². The van der Waals surface area contributed by atoms with Crippen molar-refractivity contribution in [1.82, 2.24) is 0 Å². The van der Waals surface area contributed by atoms with Gasteiger partial charge in [0.25, 0.3) is 0 Å². The molecule has 42 heavy (non-hydrogen) atoms. The van der Waals surface area contributed by atoms with Crippen LogP contribution in [0.15, 0.2) is 41.5 Å². The number of fused-ring (bicyclic) bond motifs is 5. The van der Waals surface area contributed by atoms with Crippen LogP contribution in [0.3, 0.4) is 0 Å². The zero-order valence-electron chi connectivity index (χ0n) is 24.5. The average molecular weight is 589 g/mol. The van der Waals surface area contributed by atoms with Crippen molar-refractivity contribution in [2.45, 2.75) is 95.8 Å². The van der Waals surface area contributed by atoms with Crippen molar-refractivity contribution in [3.8, 4) is 0 Å². The van der Waals surface area contributed by atoms with E-state index in [-0.39, 0.29) is 31.6 Å². The van der Waals surface area contributed by atoms with Crippen LogP contribution in [0.4, 0.5) is 0 Å². The summed E-state index contributed by atoms with van der Waals surface area (Å²) in [4.78, 5) is 39.9. The van der Waals surface area contributed by atoms with Crippen LogP contribution in [0.5, 0.6) is 0 Å². The van der Waals surface area contributed by atoms with Gasteiger partial charge < -0.3 is 39.4 Å². The second kappa shape index (κ2) is 10.5. The third-order valence-corrected chi connectivity index (χ3v) is 10.2. The molecule has 0 radical (unpaired) electrons. The van der Waals surface area contributed by atoms with E-state index in [0.717, 1.165) is 12.5 Å². The van der Waals surface area contributed by atoms with E-state index < -0.39 is 82.8 Å². The van der Waals surface area contributed by atoms with Crippen LogP contribution in [-0.2, 0) is 39.9 Å². The largest absolute Gasteiger partial charge is 0.454 e. The Labute approximate surface area is 244 Å². The van der Waals surface area contributed by atoms with Gasteiger partial charge in [-0.25, -0.2) is 0 Å². The minimum Gasteiger partial charge on any atom is -0.454 e. The molecular weight excluding hydrogens is 548 g/mol. The van der Waals surface area contributed by atoms with Gasteiger partial charge in [-0.1, -0.05) is 44.2 Å². The standard InChI is InChI=1S/C31H40O11/c1-16-20(35)12-31(38)27(39-13-19-9-7-6-8-10-19)25-29(14-32,21(36)11-22-30(25,15-40-22)42-18(3)34)26(37)24(41-17(2)33)23(16)28(31,4)5/h6-10,20-22,24-25,27,32,35-36,38H,11-15H2,1-5H3/t20-,21-,22-,24+,25?,27-,29-,30-,31+/m0/s1. The van der Waals surface area contributed by atoms with Gasteiger partial charge in [-0.15, -0.1) is 0 Å². The Bertz CT molecular complexity index is 1290. The first-order valence-electron chi connectivity index (χ1n) is 14.3. The summed E-state index contributed by atoms with van der Waals surface area (Å²) in [6.45, 7) is 6.13. The van der Waals surface area contributed by atoms with E-state index in [1.807, 2.05) is 30.3 Å². The van der Waals surface area contributed by atoms with Crippen LogP contribution in [0.2, 0.25) is 0 Å². The molecule has 2 saturated carbocycles. The number of Topliss-reactive ketones (excluding diaryl/α,β-unsaturated/α-hetero) is 1. The SMILES string of the molecule is CC(=O)O[C@H]1C(=O)[C@]2(CO)C([C@H](OCc3ccccc3)[C@]3(O)C[C@H](O)C(C)=C1C3(C)C)[C@]1(OC(C)=O)CO[C@H]1C[C@@H]2O. The number of benzene rings is 1. The van der Waals surface area contributed by atoms with Crippen molar-refractivity contribution in [1.29, 1.82) is 0 Å². The lowest BCUT2D eigenvalue weighted by Crippen LogP contribution is -2.82. The van der Waals surface area contributed by atoms with E-state index in [1.54, 1.807) is 20.8 Å². The van der Waals surface area contributed by atoms with Crippen molar-refractivity contribution >= 4 is 17.7 Å². The molecule has 3 aliphatic carbocycles. The lowest BCUT2D eigenvalue weighted by molar-refractivity contribution is -0.356. The number of aliphatic hydroxyl groups excluding tert-OH is 3. The predicted octanol–water partition coefficient (Wildman–Crippen LogP) is 0.985. The van der Waals surface area contributed by atoms with Crippen LogP contribution >= 0.6 is 0 Å². The molecule has 1 aromatic carbocycles. The monoisotopic (exact) mass is 588 g/mol. The second-order valence-electron chi connectivity index (χ2n) is 12.7. The number of hydrogen-bond acceptors (Lipinski definition) is 11. The van der Waals surface area contributed by atoms with E-state index in [9.17, 15) is 34.8 Å². The van der Waals surface area contributed by atoms with E-state index in [1.165, 1.54) is 6.92 Å². The summed E-state index contributed by atoms with van der Waals surface area (Å²) < 4.78 is 23.9. The highest BCUT2D eigenvalue weighted by atomic mass is 16.6. The highest BCUT2D eigenvalue weighted by Gasteiger charge is 2.78. The molecule has 11 heteroatoms. The highest BCUT2D eigenvalue weighted by Crippen LogP contribution is 2.64. The van der Waals surface area contributed by atoms with Gasteiger partial charge in [-0.2, -0.15) is 0 Å². The topological polar surface area (TPSA) is 169 Å². The summed E-state index contributed by atoms with van der Waals surface area (Å²) in [5.41, 5.74) is -5.79. The normalized spacial score (nSPS) is 40.5. The summed E-state index contributed by atoms with van der Waals surface area (Å²) in [5, 5.41) is 47.1. The molecule has 9 atom stereocenters. The lowest BCUT2D eigenvalue weighted by atomic mass is 9.44. The van der Waals surface area contributed by atoms with Crippen molar-refractivity contribution in [3.63, 3.8) is 0 Å². The first-order chi connectivity index (χ1) is 19.7. The van der Waals surface area contributed by atoms with Gasteiger partial charge >= 0.3 is 11.9 Å². The molecule has 5 rings (SSSR count). The highest BCUT2D eigenvalue weighted by molar-refractivity contribution is 5.95. The Balaban J connectivity index is 1.84. The van der Waals surface area contributed by atoms with Crippen LogP contribution in [0.1, 0.15) is 53.0 Å². The summed E-state index contributed by atoms with van der Waals surface area (Å²) >= 11 is 0. The fourth-order valence-electron chi connectivity index (χ4n) is 8.07. The van der Waals surface area contributed by atoms with Crippen LogP contribution in [0.25, 0.3) is 0 Å². The molecule has 1 aliphatic heterocycles. The number of carbonyl (C=O) groups is 3. The smallest absolute Gasteiger partial charge is 0.303 e. The number of carbonyl (C=O) groups excluding carboxylic acids is 3. The molecule has 1 unspecified atom stereocenters. The third-order valence-electron chi connectivity index (χ3n) is 10.2. The van der Waals surface area contributed by atoms with Gasteiger partial charge in [-0.05, 0) is 23.6 Å². The van der Waals surface area contributed by atoms with Gasteiger partial charge in [0.1, 0.15) is 11.7 Å². The molecule has 4 N–H and O–H groups in total. The second-order valence-corrected chi connectivity index (χ2v) is 12.7. The maximum absolute atomic E-state index is 14.9. The van der Waals surface area contributed by atoms with E-state index >= 15 is 0 Å². The maximum Gasteiger partial charge on any atom is 0.303 e. The lowest BCUT2D eigenvalue weighted by Gasteiger charge is -2.68. The Kier molecular flexibility index (Phi) is 7.69. The quantitative estimate of drug-likeness (QED) is 0.276. The Morgan fingerprint density at radius 2 is 1.76 bits per heavy atom. The number of ketones is 1. The van der Waals surface area contributed by atoms with Crippen LogP contribution in [-0.4, -0.2) is 93.1 Å². The fourth-order valence-corrected chi connectivity index (χ4v) is 8.07. The molecule has 3 fully saturated rings. The van der Waals surface area contributed by atoms with Crippen LogP contribution < -0.4 is 0 Å². The fraction of sp³-hybridized carbons (Fsp3) is 0.645. The molecule has 4 aliphatic rings. The Morgan fingerprint density at radius 1 is 1.10 bits per heavy atom. The van der Waals surface area contributed by atoms with E-state index in [0.29, 0.717) is 5.57 Å². The number of rotatable bonds is 6. The van der Waals surface area contributed by atoms with Crippen molar-refractivity contribution in [2.75, 3.05) is 13.2 Å². The number of esters is 2. The molecule has 0 spiro atoms. The molecule has 11 nitrogen and oxygen atoms in total. The number of hydrogen-bond donors (Lipinski definition) is 4. The van der Waals surface area contributed by atoms with Gasteiger partial charge in [0.05, 0.1) is 49.5 Å². The van der Waals surface area contributed by atoms with E-state index in [4.69, 9.17) is 18.9 Å². The minimum atomic E-state index is -2.12. The minimum absolute atomic E-state index is 0.0463. The first-order valence-corrected chi connectivity index (χ1v) is 14.3. The van der Waals surface area contributed by atoms with Gasteiger partial charge in [-0.3, -0.25) is 14.4 Å². The van der Waals surface area contributed by atoms with Crippen molar-refractivity contribution in [2.24, 2.45) is 16.7 Å². The molecule has 0 aromatic heterocycles. The first kappa shape index (κ1) is 30.8. The van der Waals surface area contributed by atoms with Gasteiger partial charge in [0, 0.05) is 32.1 Å². The predicted molar refractivity (Wildman–Crippen MR) is 146 cm³/mol. The summed E-state index contributed by atoms with van der Waals surface area (Å²) in [6, 6.07) is 9.10. The number of ether oxygens (including phenoxy) is 4. The number of aliphatic hydroxyl groups is 4. The zero-order valence-corrected chi connectivity index (χ0v) is 24.5. The summed E-state index contributed by atoms with van der Waals surface area (Å²) in [7, 11) is 0. The molecular formula is C31H40O11. The molecule has 0 amide bonds. The van der Waals surface area contributed by atoms with Crippen LogP contribution in [0, 0.1) is 16.7 Å². The summed E-state index contributed by atoms with van der Waals surface area (Å²) in [5.74, 6) is -3.70. The molecule has 2 bridgehead atoms. The average Bonchev–Trinajstić information content (AvgIpc) is 2.91.